The highest BCUT2D eigenvalue weighted by atomic mass is 35.5. The highest BCUT2D eigenvalue weighted by Gasteiger charge is 2.29. The standard InChI is InChI=1S/C20H19ClN2O3/c21-15-4-6-17(7-5-15)26-12-18(24)22-16-10-13-2-1-9-23-19(25)8-3-14(11-16)20(13)23/h4-7,10-11H,1-3,8-9,12H2,(H,22,24). The van der Waals surface area contributed by atoms with Crippen molar-refractivity contribution in [3.05, 3.63) is 52.5 Å². The van der Waals surface area contributed by atoms with E-state index >= 15 is 0 Å². The minimum absolute atomic E-state index is 0.0708. The Morgan fingerprint density at radius 1 is 1.12 bits per heavy atom. The van der Waals surface area contributed by atoms with Gasteiger partial charge in [-0.05, 0) is 66.8 Å². The minimum Gasteiger partial charge on any atom is -0.484 e. The molecule has 2 aliphatic rings. The molecule has 2 aromatic carbocycles. The first kappa shape index (κ1) is 16.9. The Morgan fingerprint density at radius 3 is 2.62 bits per heavy atom. The van der Waals surface area contributed by atoms with Crippen molar-refractivity contribution >= 4 is 34.8 Å². The van der Waals surface area contributed by atoms with Crippen LogP contribution in [0.15, 0.2) is 36.4 Å². The Hall–Kier alpha value is -2.53. The second-order valence-electron chi connectivity index (χ2n) is 6.58. The van der Waals surface area contributed by atoms with Crippen molar-refractivity contribution in [2.75, 3.05) is 23.4 Å². The number of hydrogen-bond acceptors (Lipinski definition) is 3. The normalized spacial score (nSPS) is 15.4. The maximum Gasteiger partial charge on any atom is 0.262 e. The van der Waals surface area contributed by atoms with Crippen molar-refractivity contribution in [3.63, 3.8) is 0 Å². The number of rotatable bonds is 4. The van der Waals surface area contributed by atoms with Crippen LogP contribution in [0, 0.1) is 0 Å². The molecule has 2 aromatic rings. The number of hydrogen-bond donors (Lipinski definition) is 1. The predicted molar refractivity (Wildman–Crippen MR) is 101 cm³/mol. The third-order valence-electron chi connectivity index (χ3n) is 4.74. The van der Waals surface area contributed by atoms with Crippen molar-refractivity contribution < 1.29 is 14.3 Å². The van der Waals surface area contributed by atoms with Gasteiger partial charge in [0.05, 0.1) is 5.69 Å². The molecule has 0 saturated carbocycles. The Kier molecular flexibility index (Phi) is 4.55. The van der Waals surface area contributed by atoms with Gasteiger partial charge in [-0.25, -0.2) is 0 Å². The quantitative estimate of drug-likeness (QED) is 0.894. The summed E-state index contributed by atoms with van der Waals surface area (Å²) in [6.07, 6.45) is 3.14. The van der Waals surface area contributed by atoms with Gasteiger partial charge in [-0.1, -0.05) is 11.6 Å². The van der Waals surface area contributed by atoms with Gasteiger partial charge in [0, 0.05) is 23.7 Å². The second kappa shape index (κ2) is 7.00. The molecule has 2 heterocycles. The van der Waals surface area contributed by atoms with E-state index in [4.69, 9.17) is 16.3 Å². The molecule has 0 saturated heterocycles. The van der Waals surface area contributed by atoms with E-state index in [9.17, 15) is 9.59 Å². The summed E-state index contributed by atoms with van der Waals surface area (Å²) >= 11 is 5.83. The zero-order valence-corrected chi connectivity index (χ0v) is 15.0. The van der Waals surface area contributed by atoms with Crippen molar-refractivity contribution in [2.45, 2.75) is 25.7 Å². The van der Waals surface area contributed by atoms with Gasteiger partial charge in [-0.3, -0.25) is 9.59 Å². The summed E-state index contributed by atoms with van der Waals surface area (Å²) in [7, 11) is 0. The molecule has 26 heavy (non-hydrogen) atoms. The molecule has 4 rings (SSSR count). The average Bonchev–Trinajstić information content (AvgIpc) is 2.64. The Labute approximate surface area is 156 Å². The molecule has 0 fully saturated rings. The largest absolute Gasteiger partial charge is 0.484 e. The smallest absolute Gasteiger partial charge is 0.262 e. The summed E-state index contributed by atoms with van der Waals surface area (Å²) in [6, 6.07) is 10.8. The number of halogens is 1. The number of amides is 2. The molecule has 0 aliphatic carbocycles. The molecule has 0 unspecified atom stereocenters. The van der Waals surface area contributed by atoms with Crippen molar-refractivity contribution in [1.82, 2.24) is 0 Å². The number of ether oxygens (including phenoxy) is 1. The van der Waals surface area contributed by atoms with E-state index in [-0.39, 0.29) is 18.4 Å². The van der Waals surface area contributed by atoms with Crippen LogP contribution in [0.3, 0.4) is 0 Å². The first-order valence-electron chi connectivity index (χ1n) is 8.74. The van der Waals surface area contributed by atoms with Crippen molar-refractivity contribution in [1.29, 1.82) is 0 Å². The van der Waals surface area contributed by atoms with Crippen LogP contribution < -0.4 is 15.0 Å². The van der Waals surface area contributed by atoms with Gasteiger partial charge < -0.3 is 15.0 Å². The zero-order valence-electron chi connectivity index (χ0n) is 14.3. The van der Waals surface area contributed by atoms with E-state index in [0.29, 0.717) is 17.2 Å². The molecular formula is C20H19ClN2O3. The maximum atomic E-state index is 12.2. The number of benzene rings is 2. The maximum absolute atomic E-state index is 12.2. The molecule has 0 radical (unpaired) electrons. The SMILES string of the molecule is O=C(COc1ccc(Cl)cc1)Nc1cc2c3c(c1)CCC(=O)N3CCC2. The molecule has 6 heteroatoms. The Morgan fingerprint density at radius 2 is 1.85 bits per heavy atom. The zero-order chi connectivity index (χ0) is 18.1. The summed E-state index contributed by atoms with van der Waals surface area (Å²) in [5.74, 6) is 0.581. The second-order valence-corrected chi connectivity index (χ2v) is 7.02. The molecule has 0 spiro atoms. The lowest BCUT2D eigenvalue weighted by Crippen LogP contribution is -2.39. The summed E-state index contributed by atoms with van der Waals surface area (Å²) < 4.78 is 5.48. The van der Waals surface area contributed by atoms with E-state index in [1.54, 1.807) is 24.3 Å². The summed E-state index contributed by atoms with van der Waals surface area (Å²) in [4.78, 5) is 26.2. The molecule has 0 aromatic heterocycles. The Bertz CT molecular complexity index is 847. The van der Waals surface area contributed by atoms with Crippen LogP contribution in [0.1, 0.15) is 24.0 Å². The average molecular weight is 371 g/mol. The van der Waals surface area contributed by atoms with Crippen molar-refractivity contribution in [2.24, 2.45) is 0 Å². The number of anilines is 2. The van der Waals surface area contributed by atoms with Gasteiger partial charge in [-0.15, -0.1) is 0 Å². The van der Waals surface area contributed by atoms with Crippen LogP contribution in [-0.4, -0.2) is 25.0 Å². The van der Waals surface area contributed by atoms with Gasteiger partial charge in [-0.2, -0.15) is 0 Å². The molecule has 2 amide bonds. The molecule has 1 N–H and O–H groups in total. The van der Waals surface area contributed by atoms with Crippen LogP contribution in [0.4, 0.5) is 11.4 Å². The molecule has 5 nitrogen and oxygen atoms in total. The van der Waals surface area contributed by atoms with E-state index in [1.807, 2.05) is 17.0 Å². The fourth-order valence-electron chi connectivity index (χ4n) is 3.60. The summed E-state index contributed by atoms with van der Waals surface area (Å²) in [6.45, 7) is 0.720. The third kappa shape index (κ3) is 3.40. The highest BCUT2D eigenvalue weighted by Crippen LogP contribution is 2.37. The lowest BCUT2D eigenvalue weighted by molar-refractivity contribution is -0.119. The number of nitrogens with zero attached hydrogens (tertiary/aromatic N) is 1. The van der Waals surface area contributed by atoms with E-state index in [0.717, 1.165) is 48.3 Å². The van der Waals surface area contributed by atoms with Crippen LogP contribution in [-0.2, 0) is 22.4 Å². The van der Waals surface area contributed by atoms with Crippen LogP contribution in [0.2, 0.25) is 5.02 Å². The van der Waals surface area contributed by atoms with Gasteiger partial charge in [0.25, 0.3) is 5.91 Å². The number of carbonyl (C=O) groups excluding carboxylic acids is 2. The van der Waals surface area contributed by atoms with E-state index in [1.165, 1.54) is 0 Å². The minimum atomic E-state index is -0.216. The fourth-order valence-corrected chi connectivity index (χ4v) is 3.73. The topological polar surface area (TPSA) is 58.6 Å². The molecule has 0 bridgehead atoms. The summed E-state index contributed by atoms with van der Waals surface area (Å²) in [5, 5.41) is 3.53. The van der Waals surface area contributed by atoms with Gasteiger partial charge in [0.2, 0.25) is 5.91 Å². The monoisotopic (exact) mass is 370 g/mol. The van der Waals surface area contributed by atoms with E-state index in [2.05, 4.69) is 5.32 Å². The van der Waals surface area contributed by atoms with Gasteiger partial charge in [0.1, 0.15) is 5.75 Å². The van der Waals surface area contributed by atoms with E-state index < -0.39 is 0 Å². The first-order valence-corrected chi connectivity index (χ1v) is 9.12. The lowest BCUT2D eigenvalue weighted by Gasteiger charge is -2.35. The first-order chi connectivity index (χ1) is 12.6. The van der Waals surface area contributed by atoms with Crippen LogP contribution in [0.25, 0.3) is 0 Å². The lowest BCUT2D eigenvalue weighted by atomic mass is 9.91. The molecule has 2 aliphatic heterocycles. The van der Waals surface area contributed by atoms with Gasteiger partial charge in [0.15, 0.2) is 6.61 Å². The van der Waals surface area contributed by atoms with Gasteiger partial charge >= 0.3 is 0 Å². The Balaban J connectivity index is 1.46. The third-order valence-corrected chi connectivity index (χ3v) is 4.99. The highest BCUT2D eigenvalue weighted by molar-refractivity contribution is 6.30. The van der Waals surface area contributed by atoms with Crippen LogP contribution in [0.5, 0.6) is 5.75 Å². The molecular weight excluding hydrogens is 352 g/mol. The van der Waals surface area contributed by atoms with Crippen molar-refractivity contribution in [3.8, 4) is 5.75 Å². The molecule has 0 atom stereocenters. The molecule has 134 valence electrons. The summed E-state index contributed by atoms with van der Waals surface area (Å²) in [5.41, 5.74) is 4.09. The fraction of sp³-hybridized carbons (Fsp3) is 0.300. The predicted octanol–water partition coefficient (Wildman–Crippen LogP) is 3.58. The van der Waals surface area contributed by atoms with Crippen LogP contribution >= 0.6 is 11.6 Å². The number of carbonyl (C=O) groups is 2. The number of nitrogens with one attached hydrogen (secondary N) is 1. The number of aryl methyl sites for hydroxylation is 2.